The summed E-state index contributed by atoms with van der Waals surface area (Å²) in [5.74, 6) is -1.08. The molecule has 0 bridgehead atoms. The molecule has 2 N–H and O–H groups in total. The first-order chi connectivity index (χ1) is 13.1. The molecule has 4 rings (SSSR count). The van der Waals surface area contributed by atoms with Crippen LogP contribution in [0, 0.1) is 0 Å². The molecule has 134 valence electrons. The topological polar surface area (TPSA) is 69.4 Å². The predicted octanol–water partition coefficient (Wildman–Crippen LogP) is 4.08. The maximum Gasteiger partial charge on any atom is 0.307 e. The minimum atomic E-state index is -1.41. The summed E-state index contributed by atoms with van der Waals surface area (Å²) in [5, 5.41) is 0. The Morgan fingerprint density at radius 2 is 1.59 bits per heavy atom. The Morgan fingerprint density at radius 3 is 2.26 bits per heavy atom. The van der Waals surface area contributed by atoms with Crippen LogP contribution in [0.5, 0.6) is 0 Å². The minimum Gasteiger partial charge on any atom is -0.445 e. The van der Waals surface area contributed by atoms with Crippen LogP contribution in [0.15, 0.2) is 84.9 Å². The van der Waals surface area contributed by atoms with Crippen molar-refractivity contribution in [1.29, 1.82) is 0 Å². The number of benzene rings is 3. The van der Waals surface area contributed by atoms with Gasteiger partial charge in [0, 0.05) is 22.7 Å². The lowest BCUT2D eigenvalue weighted by Gasteiger charge is -2.33. The fourth-order valence-electron chi connectivity index (χ4n) is 3.82. The molecule has 1 aliphatic rings. The van der Waals surface area contributed by atoms with E-state index in [4.69, 9.17) is 10.5 Å². The van der Waals surface area contributed by atoms with E-state index in [1.165, 1.54) is 0 Å². The Morgan fingerprint density at radius 1 is 0.926 bits per heavy atom. The first kappa shape index (κ1) is 17.0. The number of rotatable bonds is 4. The molecule has 3 aromatic rings. The van der Waals surface area contributed by atoms with Gasteiger partial charge in [0.05, 0.1) is 6.42 Å². The standard InChI is InChI=1S/C23H19NO3/c24-19-13-7-10-17(14-19)20-15-21(25)27-23(20,18-11-5-2-6-12-18)22(26)16-8-3-1-4-9-16/h1-14,20H,15,24H2/t20-,23+/m0/s1. The highest BCUT2D eigenvalue weighted by Crippen LogP contribution is 2.50. The highest BCUT2D eigenvalue weighted by molar-refractivity contribution is 6.06. The number of ether oxygens (including phenoxy) is 1. The lowest BCUT2D eigenvalue weighted by atomic mass is 9.73. The molecule has 0 spiro atoms. The molecule has 1 saturated heterocycles. The highest BCUT2D eigenvalue weighted by atomic mass is 16.6. The summed E-state index contributed by atoms with van der Waals surface area (Å²) in [6, 6.07) is 25.5. The van der Waals surface area contributed by atoms with Crippen molar-refractivity contribution in [2.24, 2.45) is 0 Å². The number of carbonyl (C=O) groups is 2. The highest BCUT2D eigenvalue weighted by Gasteiger charge is 2.56. The summed E-state index contributed by atoms with van der Waals surface area (Å²) >= 11 is 0. The van der Waals surface area contributed by atoms with E-state index in [9.17, 15) is 9.59 Å². The molecular weight excluding hydrogens is 338 g/mol. The van der Waals surface area contributed by atoms with Crippen molar-refractivity contribution < 1.29 is 14.3 Å². The third-order valence-electron chi connectivity index (χ3n) is 5.03. The number of esters is 1. The molecular formula is C23H19NO3. The van der Waals surface area contributed by atoms with E-state index in [0.717, 1.165) is 5.56 Å². The molecule has 0 aromatic heterocycles. The molecule has 27 heavy (non-hydrogen) atoms. The second kappa shape index (κ2) is 6.72. The number of hydrogen-bond donors (Lipinski definition) is 1. The molecule has 0 unspecified atom stereocenters. The van der Waals surface area contributed by atoms with E-state index in [1.807, 2.05) is 54.6 Å². The molecule has 0 radical (unpaired) electrons. The largest absolute Gasteiger partial charge is 0.445 e. The van der Waals surface area contributed by atoms with E-state index in [2.05, 4.69) is 0 Å². The van der Waals surface area contributed by atoms with E-state index in [-0.39, 0.29) is 12.2 Å². The minimum absolute atomic E-state index is 0.122. The molecule has 1 heterocycles. The zero-order valence-electron chi connectivity index (χ0n) is 14.7. The average Bonchev–Trinajstić information content (AvgIpc) is 3.07. The Balaban J connectivity index is 1.94. The van der Waals surface area contributed by atoms with Crippen LogP contribution in [-0.4, -0.2) is 11.8 Å². The number of ketones is 1. The van der Waals surface area contributed by atoms with Crippen molar-refractivity contribution in [1.82, 2.24) is 0 Å². The number of nitrogen functional groups attached to an aromatic ring is 1. The quantitative estimate of drug-likeness (QED) is 0.434. The van der Waals surface area contributed by atoms with Gasteiger partial charge in [-0.2, -0.15) is 0 Å². The van der Waals surface area contributed by atoms with Gasteiger partial charge in [-0.1, -0.05) is 72.8 Å². The maximum atomic E-state index is 13.7. The van der Waals surface area contributed by atoms with Crippen molar-refractivity contribution in [3.8, 4) is 0 Å². The zero-order chi connectivity index (χ0) is 18.9. The third kappa shape index (κ3) is 2.89. The Hall–Kier alpha value is -3.40. The van der Waals surface area contributed by atoms with Crippen molar-refractivity contribution in [2.45, 2.75) is 17.9 Å². The van der Waals surface area contributed by atoms with Gasteiger partial charge in [-0.05, 0) is 17.7 Å². The molecule has 0 aliphatic carbocycles. The first-order valence-corrected chi connectivity index (χ1v) is 8.84. The summed E-state index contributed by atoms with van der Waals surface area (Å²) in [6.07, 6.45) is 0.122. The van der Waals surface area contributed by atoms with Gasteiger partial charge in [0.1, 0.15) is 0 Å². The lowest BCUT2D eigenvalue weighted by molar-refractivity contribution is -0.146. The van der Waals surface area contributed by atoms with Crippen LogP contribution in [0.1, 0.15) is 33.8 Å². The fraction of sp³-hybridized carbons (Fsp3) is 0.130. The third-order valence-corrected chi connectivity index (χ3v) is 5.03. The molecule has 1 aliphatic heterocycles. The number of anilines is 1. The molecule has 0 saturated carbocycles. The lowest BCUT2D eigenvalue weighted by Crippen LogP contribution is -2.40. The molecule has 4 heteroatoms. The number of cyclic esters (lactones) is 1. The van der Waals surface area contributed by atoms with E-state index in [1.54, 1.807) is 30.3 Å². The smallest absolute Gasteiger partial charge is 0.307 e. The molecule has 4 nitrogen and oxygen atoms in total. The van der Waals surface area contributed by atoms with Crippen LogP contribution in [0.25, 0.3) is 0 Å². The monoisotopic (exact) mass is 357 g/mol. The number of hydrogen-bond acceptors (Lipinski definition) is 4. The van der Waals surface area contributed by atoms with Gasteiger partial charge in [0.15, 0.2) is 0 Å². The van der Waals surface area contributed by atoms with E-state index >= 15 is 0 Å². The number of carbonyl (C=O) groups excluding carboxylic acids is 2. The van der Waals surface area contributed by atoms with Crippen LogP contribution in [0.4, 0.5) is 5.69 Å². The second-order valence-electron chi connectivity index (χ2n) is 6.70. The fourth-order valence-corrected chi connectivity index (χ4v) is 3.82. The SMILES string of the molecule is Nc1cccc([C@@H]2CC(=O)O[C@]2(C(=O)c2ccccc2)c2ccccc2)c1. The van der Waals surface area contributed by atoms with Crippen molar-refractivity contribution in [2.75, 3.05) is 5.73 Å². The molecule has 1 fully saturated rings. The zero-order valence-corrected chi connectivity index (χ0v) is 14.7. The second-order valence-corrected chi connectivity index (χ2v) is 6.70. The van der Waals surface area contributed by atoms with Gasteiger partial charge in [-0.3, -0.25) is 9.59 Å². The van der Waals surface area contributed by atoms with Crippen molar-refractivity contribution in [3.05, 3.63) is 102 Å². The maximum absolute atomic E-state index is 13.7. The van der Waals surface area contributed by atoms with Gasteiger partial charge >= 0.3 is 5.97 Å². The van der Waals surface area contributed by atoms with Crippen LogP contribution < -0.4 is 5.73 Å². The van der Waals surface area contributed by atoms with Gasteiger partial charge in [0.25, 0.3) is 0 Å². The number of Topliss-reactive ketones (excluding diaryl/α,β-unsaturated/α-hetero) is 1. The summed E-state index contributed by atoms with van der Waals surface area (Å²) in [6.45, 7) is 0. The van der Waals surface area contributed by atoms with Gasteiger partial charge in [-0.25, -0.2) is 0 Å². The van der Waals surface area contributed by atoms with Crippen molar-refractivity contribution in [3.63, 3.8) is 0 Å². The van der Waals surface area contributed by atoms with Crippen molar-refractivity contribution >= 4 is 17.4 Å². The average molecular weight is 357 g/mol. The normalized spacial score (nSPS) is 21.6. The molecule has 2 atom stereocenters. The Labute approximate surface area is 157 Å². The summed E-state index contributed by atoms with van der Waals surface area (Å²) in [5.41, 5.74) is 7.12. The summed E-state index contributed by atoms with van der Waals surface area (Å²) < 4.78 is 5.83. The van der Waals surface area contributed by atoms with Gasteiger partial charge in [0.2, 0.25) is 11.4 Å². The van der Waals surface area contributed by atoms with E-state index in [0.29, 0.717) is 16.8 Å². The van der Waals surface area contributed by atoms with Crippen LogP contribution in [0.3, 0.4) is 0 Å². The summed E-state index contributed by atoms with van der Waals surface area (Å²) in [4.78, 5) is 26.1. The Bertz CT molecular complexity index is 985. The first-order valence-electron chi connectivity index (χ1n) is 8.84. The van der Waals surface area contributed by atoms with Gasteiger partial charge < -0.3 is 10.5 Å². The Kier molecular flexibility index (Phi) is 4.24. The molecule has 0 amide bonds. The van der Waals surface area contributed by atoms with Crippen LogP contribution >= 0.6 is 0 Å². The van der Waals surface area contributed by atoms with Gasteiger partial charge in [-0.15, -0.1) is 0 Å². The molecule has 3 aromatic carbocycles. The van der Waals surface area contributed by atoms with Crippen LogP contribution in [-0.2, 0) is 15.1 Å². The summed E-state index contributed by atoms with van der Waals surface area (Å²) in [7, 11) is 0. The van der Waals surface area contributed by atoms with E-state index < -0.39 is 17.5 Å². The predicted molar refractivity (Wildman–Crippen MR) is 103 cm³/mol. The van der Waals surface area contributed by atoms with Crippen LogP contribution in [0.2, 0.25) is 0 Å². The number of nitrogens with two attached hydrogens (primary N) is 1.